The second kappa shape index (κ2) is 9.43. The molecule has 0 heterocycles. The number of aliphatic hydroxyl groups is 3. The Kier molecular flexibility index (Phi) is 7.48. The van der Waals surface area contributed by atoms with Crippen molar-refractivity contribution in [3.63, 3.8) is 0 Å². The highest BCUT2D eigenvalue weighted by Crippen LogP contribution is 2.62. The average Bonchev–Trinajstić information content (AvgIpc) is 3.07. The van der Waals surface area contributed by atoms with Crippen molar-refractivity contribution in [1.82, 2.24) is 0 Å². The zero-order valence-electron chi connectivity index (χ0n) is 20.5. The summed E-state index contributed by atoms with van der Waals surface area (Å²) in [4.78, 5) is 0. The monoisotopic (exact) mass is 430 g/mol. The molecule has 31 heavy (non-hydrogen) atoms. The number of hydrogen-bond acceptors (Lipinski definition) is 3. The van der Waals surface area contributed by atoms with Crippen LogP contribution < -0.4 is 0 Å². The molecule has 0 aromatic heterocycles. The molecule has 3 aliphatic rings. The predicted octanol–water partition coefficient (Wildman–Crippen LogP) is 6.58. The minimum Gasteiger partial charge on any atom is -0.510 e. The summed E-state index contributed by atoms with van der Waals surface area (Å²) < 4.78 is 0. The first kappa shape index (κ1) is 24.6. The van der Waals surface area contributed by atoms with E-state index in [1.165, 1.54) is 0 Å². The first-order valence-corrected chi connectivity index (χ1v) is 12.7. The van der Waals surface area contributed by atoms with Gasteiger partial charge in [0.15, 0.2) is 0 Å². The minimum atomic E-state index is -1.15. The van der Waals surface area contributed by atoms with Gasteiger partial charge in [-0.2, -0.15) is 0 Å². The lowest BCUT2D eigenvalue weighted by atomic mass is 9.57. The van der Waals surface area contributed by atoms with Crippen molar-refractivity contribution in [2.75, 3.05) is 0 Å². The van der Waals surface area contributed by atoms with Gasteiger partial charge in [-0.25, -0.2) is 0 Å². The van der Waals surface area contributed by atoms with Crippen LogP contribution in [0.2, 0.25) is 0 Å². The molecule has 3 heteroatoms. The average molecular weight is 431 g/mol. The highest BCUT2D eigenvalue weighted by Gasteiger charge is 2.59. The van der Waals surface area contributed by atoms with Crippen molar-refractivity contribution >= 4 is 0 Å². The van der Waals surface area contributed by atoms with Crippen LogP contribution in [0.4, 0.5) is 0 Å². The molecule has 0 bridgehead atoms. The van der Waals surface area contributed by atoms with E-state index in [0.29, 0.717) is 36.5 Å². The summed E-state index contributed by atoms with van der Waals surface area (Å²) >= 11 is 0. The molecular formula is C28H46O3. The normalized spacial score (nSPS) is 41.5. The van der Waals surface area contributed by atoms with Gasteiger partial charge in [0.1, 0.15) is 11.4 Å². The first-order valence-electron chi connectivity index (χ1n) is 12.7. The molecule has 2 unspecified atom stereocenters. The number of hydrogen-bond donors (Lipinski definition) is 3. The van der Waals surface area contributed by atoms with Crippen molar-refractivity contribution in [3.05, 3.63) is 36.1 Å². The molecule has 0 aromatic rings. The van der Waals surface area contributed by atoms with E-state index in [-0.39, 0.29) is 29.1 Å². The van der Waals surface area contributed by atoms with Crippen LogP contribution in [0.1, 0.15) is 86.0 Å². The van der Waals surface area contributed by atoms with Crippen LogP contribution in [0.3, 0.4) is 0 Å². The molecule has 8 atom stereocenters. The van der Waals surface area contributed by atoms with Crippen LogP contribution in [0.15, 0.2) is 36.1 Å². The SMILES string of the molecule is C=C1CC[C@H](O)CC1/C=C(/O)C1(O)CCC[C@]2(C)[C@@H]([C@H](C)/C=C/[C@H](C)C(C)C)CC[C@@H]12. The van der Waals surface area contributed by atoms with Crippen molar-refractivity contribution < 1.29 is 15.3 Å². The van der Waals surface area contributed by atoms with Crippen LogP contribution in [-0.4, -0.2) is 27.0 Å². The van der Waals surface area contributed by atoms with Crippen LogP contribution in [-0.2, 0) is 0 Å². The van der Waals surface area contributed by atoms with Crippen LogP contribution in [0.5, 0.6) is 0 Å². The Hall–Kier alpha value is -1.06. The Morgan fingerprint density at radius 3 is 2.48 bits per heavy atom. The maximum absolute atomic E-state index is 11.8. The Balaban J connectivity index is 1.81. The lowest BCUT2D eigenvalue weighted by Gasteiger charge is -2.50. The summed E-state index contributed by atoms with van der Waals surface area (Å²) in [6.45, 7) is 15.7. The number of rotatable bonds is 6. The van der Waals surface area contributed by atoms with Crippen LogP contribution in [0.25, 0.3) is 0 Å². The fraction of sp³-hybridized carbons (Fsp3) is 0.786. The molecule has 3 rings (SSSR count). The van der Waals surface area contributed by atoms with Gasteiger partial charge in [-0.1, -0.05) is 58.9 Å². The summed E-state index contributed by atoms with van der Waals surface area (Å²) in [7, 11) is 0. The summed E-state index contributed by atoms with van der Waals surface area (Å²) in [5.41, 5.74) is -0.0664. The molecule has 3 aliphatic carbocycles. The molecule has 0 saturated heterocycles. The summed E-state index contributed by atoms with van der Waals surface area (Å²) in [5.74, 6) is 2.37. The quantitative estimate of drug-likeness (QED) is 0.329. The predicted molar refractivity (Wildman–Crippen MR) is 129 cm³/mol. The first-order chi connectivity index (χ1) is 14.5. The maximum Gasteiger partial charge on any atom is 0.124 e. The van der Waals surface area contributed by atoms with Gasteiger partial charge in [0, 0.05) is 11.8 Å². The molecular weight excluding hydrogens is 384 g/mol. The van der Waals surface area contributed by atoms with Crippen LogP contribution in [0, 0.1) is 40.9 Å². The molecule has 3 N–H and O–H groups in total. The van der Waals surface area contributed by atoms with Gasteiger partial charge < -0.3 is 15.3 Å². The smallest absolute Gasteiger partial charge is 0.124 e. The molecule has 3 fully saturated rings. The van der Waals surface area contributed by atoms with E-state index >= 15 is 0 Å². The molecule has 176 valence electrons. The number of fused-ring (bicyclic) bond motifs is 1. The van der Waals surface area contributed by atoms with Gasteiger partial charge in [-0.05, 0) is 86.5 Å². The fourth-order valence-electron chi connectivity index (χ4n) is 6.83. The van der Waals surface area contributed by atoms with E-state index in [9.17, 15) is 15.3 Å². The van der Waals surface area contributed by atoms with E-state index in [4.69, 9.17) is 0 Å². The third-order valence-corrected chi connectivity index (χ3v) is 9.32. The molecule has 0 spiro atoms. The van der Waals surface area contributed by atoms with E-state index in [1.807, 2.05) is 6.08 Å². The summed E-state index contributed by atoms with van der Waals surface area (Å²) in [6, 6.07) is 0. The summed E-state index contributed by atoms with van der Waals surface area (Å²) in [6.07, 6.45) is 13.1. The fourth-order valence-corrected chi connectivity index (χ4v) is 6.83. The summed E-state index contributed by atoms with van der Waals surface area (Å²) in [5, 5.41) is 33.1. The Morgan fingerprint density at radius 1 is 1.10 bits per heavy atom. The zero-order chi connectivity index (χ0) is 23.0. The zero-order valence-corrected chi connectivity index (χ0v) is 20.5. The van der Waals surface area contributed by atoms with Gasteiger partial charge in [0.25, 0.3) is 0 Å². The van der Waals surface area contributed by atoms with Gasteiger partial charge in [0.05, 0.1) is 6.10 Å². The van der Waals surface area contributed by atoms with Gasteiger partial charge >= 0.3 is 0 Å². The maximum atomic E-state index is 11.8. The van der Waals surface area contributed by atoms with Crippen LogP contribution >= 0.6 is 0 Å². The van der Waals surface area contributed by atoms with E-state index < -0.39 is 5.60 Å². The largest absolute Gasteiger partial charge is 0.510 e. The third-order valence-electron chi connectivity index (χ3n) is 9.32. The van der Waals surface area contributed by atoms with E-state index in [1.54, 1.807) is 0 Å². The standard InChI is InChI=1S/C28H46O3/c1-18(2)19(3)8-9-21(5)24-12-13-25-27(24,6)14-7-15-28(25,31)26(30)17-22-16-23(29)11-10-20(22)4/h8-9,17-19,21-25,29-31H,4,7,10-16H2,1-3,5-6H3/b9-8+,26-17+/t19-,21+,22?,23-,24+,25+,27+,28?/m0/s1. The van der Waals surface area contributed by atoms with Gasteiger partial charge in [-0.15, -0.1) is 0 Å². The third kappa shape index (κ3) is 4.83. The van der Waals surface area contributed by atoms with Crippen molar-refractivity contribution in [2.45, 2.75) is 97.7 Å². The van der Waals surface area contributed by atoms with Crippen molar-refractivity contribution in [1.29, 1.82) is 0 Å². The second-order valence-corrected chi connectivity index (χ2v) is 11.6. The van der Waals surface area contributed by atoms with Gasteiger partial charge in [0.2, 0.25) is 0 Å². The lowest BCUT2D eigenvalue weighted by Crippen LogP contribution is -2.51. The lowest BCUT2D eigenvalue weighted by molar-refractivity contribution is -0.103. The van der Waals surface area contributed by atoms with E-state index in [2.05, 4.69) is 53.3 Å². The van der Waals surface area contributed by atoms with Crippen molar-refractivity contribution in [2.24, 2.45) is 40.9 Å². The topological polar surface area (TPSA) is 60.7 Å². The second-order valence-electron chi connectivity index (χ2n) is 11.6. The molecule has 0 aliphatic heterocycles. The highest BCUT2D eigenvalue weighted by molar-refractivity contribution is 5.24. The van der Waals surface area contributed by atoms with E-state index in [0.717, 1.165) is 44.1 Å². The molecule has 3 nitrogen and oxygen atoms in total. The minimum absolute atomic E-state index is 0.0305. The molecule has 0 radical (unpaired) electrons. The van der Waals surface area contributed by atoms with Gasteiger partial charge in [-0.3, -0.25) is 0 Å². The Morgan fingerprint density at radius 2 is 1.81 bits per heavy atom. The highest BCUT2D eigenvalue weighted by atomic mass is 16.3. The number of aliphatic hydroxyl groups excluding tert-OH is 2. The molecule has 0 aromatic carbocycles. The molecule has 3 saturated carbocycles. The number of allylic oxidation sites excluding steroid dienone is 4. The Bertz CT molecular complexity index is 707. The van der Waals surface area contributed by atoms with Crippen molar-refractivity contribution in [3.8, 4) is 0 Å². The Labute approximate surface area is 190 Å². The molecule has 0 amide bonds.